The van der Waals surface area contributed by atoms with Crippen molar-refractivity contribution < 1.29 is 9.53 Å². The number of nitrogens with zero attached hydrogens (tertiary/aromatic N) is 3. The van der Waals surface area contributed by atoms with Crippen LogP contribution in [0.5, 0.6) is 0 Å². The molecule has 1 unspecified atom stereocenters. The van der Waals surface area contributed by atoms with E-state index in [0.717, 1.165) is 36.8 Å². The zero-order valence-electron chi connectivity index (χ0n) is 12.5. The molecule has 0 bridgehead atoms. The number of piperazine rings is 1. The third-order valence-corrected chi connectivity index (χ3v) is 4.72. The largest absolute Gasteiger partial charge is 0.469 e. The first-order chi connectivity index (χ1) is 9.58. The molecule has 20 heavy (non-hydrogen) atoms. The summed E-state index contributed by atoms with van der Waals surface area (Å²) in [6, 6.07) is 0.536. The fourth-order valence-corrected chi connectivity index (χ4v) is 3.31. The third-order valence-electron chi connectivity index (χ3n) is 3.80. The highest BCUT2D eigenvalue weighted by Gasteiger charge is 2.23. The Hall–Kier alpha value is -0.980. The summed E-state index contributed by atoms with van der Waals surface area (Å²) in [5.74, 6) is -0.173. The molecule has 0 saturated carbocycles. The van der Waals surface area contributed by atoms with Gasteiger partial charge < -0.3 is 14.5 Å². The van der Waals surface area contributed by atoms with E-state index in [1.165, 1.54) is 7.11 Å². The topological polar surface area (TPSA) is 45.7 Å². The lowest BCUT2D eigenvalue weighted by molar-refractivity contribution is -0.140. The first-order valence-corrected chi connectivity index (χ1v) is 7.85. The summed E-state index contributed by atoms with van der Waals surface area (Å²) in [7, 11) is 5.78. The summed E-state index contributed by atoms with van der Waals surface area (Å²) in [6.45, 7) is 3.34. The second-order valence-corrected chi connectivity index (χ2v) is 6.35. The van der Waals surface area contributed by atoms with E-state index in [1.807, 2.05) is 0 Å². The van der Waals surface area contributed by atoms with Gasteiger partial charge in [-0.25, -0.2) is 4.98 Å². The predicted molar refractivity (Wildman–Crippen MR) is 80.1 cm³/mol. The Kier molecular flexibility index (Phi) is 5.51. The van der Waals surface area contributed by atoms with Crippen molar-refractivity contribution in [3.63, 3.8) is 0 Å². The number of carbonyl (C=O) groups is 1. The summed E-state index contributed by atoms with van der Waals surface area (Å²) in [6.07, 6.45) is 2.07. The number of aromatic nitrogens is 1. The lowest BCUT2D eigenvalue weighted by Crippen LogP contribution is -2.50. The number of esters is 1. The molecule has 1 aromatic rings. The number of aryl methyl sites for hydroxylation is 1. The van der Waals surface area contributed by atoms with Crippen LogP contribution in [-0.4, -0.2) is 67.6 Å². The fourth-order valence-electron chi connectivity index (χ4n) is 2.41. The van der Waals surface area contributed by atoms with E-state index in [1.54, 1.807) is 11.3 Å². The third kappa shape index (κ3) is 4.26. The minimum absolute atomic E-state index is 0.173. The Labute approximate surface area is 124 Å². The molecule has 112 valence electrons. The summed E-state index contributed by atoms with van der Waals surface area (Å²) >= 11 is 1.70. The van der Waals surface area contributed by atoms with Crippen LogP contribution in [-0.2, 0) is 22.4 Å². The molecular weight excluding hydrogens is 274 g/mol. The highest BCUT2D eigenvalue weighted by Crippen LogP contribution is 2.17. The lowest BCUT2D eigenvalue weighted by Gasteiger charge is -2.37. The molecular formula is C14H23N3O2S. The van der Waals surface area contributed by atoms with E-state index in [4.69, 9.17) is 0 Å². The van der Waals surface area contributed by atoms with Crippen molar-refractivity contribution in [1.82, 2.24) is 14.8 Å². The van der Waals surface area contributed by atoms with E-state index in [9.17, 15) is 4.79 Å². The molecule has 6 heteroatoms. The second kappa shape index (κ2) is 7.15. The molecule has 1 aromatic heterocycles. The maximum Gasteiger partial charge on any atom is 0.305 e. The van der Waals surface area contributed by atoms with Crippen LogP contribution in [0.15, 0.2) is 5.38 Å². The first-order valence-electron chi connectivity index (χ1n) is 6.97. The van der Waals surface area contributed by atoms with Crippen molar-refractivity contribution in [2.24, 2.45) is 0 Å². The summed E-state index contributed by atoms with van der Waals surface area (Å²) in [4.78, 5) is 20.5. The maximum absolute atomic E-state index is 11.1. The molecule has 0 radical (unpaired) electrons. The van der Waals surface area contributed by atoms with Crippen LogP contribution in [0.1, 0.15) is 17.1 Å². The standard InChI is InChI=1S/C14H23N3O2S/c1-16-6-7-17(2)12(9-16)8-13-15-11(10-20-13)4-5-14(18)19-3/h10,12H,4-9H2,1-3H3. The van der Waals surface area contributed by atoms with E-state index < -0.39 is 0 Å². The maximum atomic E-state index is 11.1. The Balaban J connectivity index is 1.87. The zero-order chi connectivity index (χ0) is 14.5. The van der Waals surface area contributed by atoms with Crippen molar-refractivity contribution in [3.05, 3.63) is 16.1 Å². The smallest absolute Gasteiger partial charge is 0.305 e. The van der Waals surface area contributed by atoms with Crippen molar-refractivity contribution in [3.8, 4) is 0 Å². The fraction of sp³-hybridized carbons (Fsp3) is 0.714. The van der Waals surface area contributed by atoms with Gasteiger partial charge in [0.15, 0.2) is 0 Å². The van der Waals surface area contributed by atoms with E-state index in [0.29, 0.717) is 18.9 Å². The number of hydrogen-bond donors (Lipinski definition) is 0. The Morgan fingerprint density at radius 1 is 1.50 bits per heavy atom. The second-order valence-electron chi connectivity index (χ2n) is 5.41. The Morgan fingerprint density at radius 3 is 3.05 bits per heavy atom. The highest BCUT2D eigenvalue weighted by atomic mass is 32.1. The highest BCUT2D eigenvalue weighted by molar-refractivity contribution is 7.09. The van der Waals surface area contributed by atoms with Crippen molar-refractivity contribution in [2.75, 3.05) is 40.8 Å². The number of rotatable bonds is 5. The van der Waals surface area contributed by atoms with Gasteiger partial charge in [-0.05, 0) is 14.1 Å². The molecule has 0 aromatic carbocycles. The molecule has 2 heterocycles. The van der Waals surface area contributed by atoms with Gasteiger partial charge in [0.1, 0.15) is 0 Å². The monoisotopic (exact) mass is 297 g/mol. The normalized spacial score (nSPS) is 21.1. The summed E-state index contributed by atoms with van der Waals surface area (Å²) in [5, 5.41) is 3.22. The number of carbonyl (C=O) groups excluding carboxylic acids is 1. The Morgan fingerprint density at radius 2 is 2.30 bits per heavy atom. The molecule has 0 N–H and O–H groups in total. The van der Waals surface area contributed by atoms with Crippen molar-refractivity contribution in [1.29, 1.82) is 0 Å². The van der Waals surface area contributed by atoms with Gasteiger partial charge in [-0.15, -0.1) is 11.3 Å². The Bertz CT molecular complexity index is 449. The molecule has 1 atom stereocenters. The average molecular weight is 297 g/mol. The molecule has 0 amide bonds. The van der Waals surface area contributed by atoms with E-state index >= 15 is 0 Å². The number of methoxy groups -OCH3 is 1. The van der Waals surface area contributed by atoms with Crippen LogP contribution in [0.4, 0.5) is 0 Å². The molecule has 1 saturated heterocycles. The van der Waals surface area contributed by atoms with Gasteiger partial charge >= 0.3 is 5.97 Å². The van der Waals surface area contributed by atoms with Crippen LogP contribution in [0.3, 0.4) is 0 Å². The van der Waals surface area contributed by atoms with Crippen molar-refractivity contribution in [2.45, 2.75) is 25.3 Å². The van der Waals surface area contributed by atoms with Gasteiger partial charge in [-0.1, -0.05) is 0 Å². The predicted octanol–water partition coefficient (Wildman–Crippen LogP) is 1.04. The number of likely N-dealkylation sites (N-methyl/N-ethyl adjacent to an activating group) is 2. The van der Waals surface area contributed by atoms with E-state index in [2.05, 4.69) is 39.0 Å². The molecule has 0 aliphatic carbocycles. The summed E-state index contributed by atoms with van der Waals surface area (Å²) in [5.41, 5.74) is 1.00. The molecule has 2 rings (SSSR count). The quantitative estimate of drug-likeness (QED) is 0.760. The number of hydrogen-bond acceptors (Lipinski definition) is 6. The SMILES string of the molecule is COC(=O)CCc1csc(CC2CN(C)CCN2C)n1. The minimum Gasteiger partial charge on any atom is -0.469 e. The molecule has 1 aliphatic rings. The van der Waals surface area contributed by atoms with Crippen LogP contribution in [0.25, 0.3) is 0 Å². The number of thiazole rings is 1. The van der Waals surface area contributed by atoms with Crippen LogP contribution < -0.4 is 0 Å². The van der Waals surface area contributed by atoms with E-state index in [-0.39, 0.29) is 5.97 Å². The van der Waals surface area contributed by atoms with Gasteiger partial charge in [0, 0.05) is 43.9 Å². The molecule has 1 aliphatic heterocycles. The zero-order valence-corrected chi connectivity index (χ0v) is 13.3. The van der Waals surface area contributed by atoms with Gasteiger partial charge in [0.25, 0.3) is 0 Å². The van der Waals surface area contributed by atoms with Crippen LogP contribution in [0, 0.1) is 0 Å². The molecule has 5 nitrogen and oxygen atoms in total. The van der Waals surface area contributed by atoms with Gasteiger partial charge in [0.2, 0.25) is 0 Å². The summed E-state index contributed by atoms with van der Waals surface area (Å²) < 4.78 is 4.65. The number of ether oxygens (including phenoxy) is 1. The van der Waals surface area contributed by atoms with Gasteiger partial charge in [-0.2, -0.15) is 0 Å². The molecule has 1 fully saturated rings. The minimum atomic E-state index is -0.173. The van der Waals surface area contributed by atoms with Crippen LogP contribution in [0.2, 0.25) is 0 Å². The average Bonchev–Trinajstić information content (AvgIpc) is 2.88. The molecule has 0 spiro atoms. The van der Waals surface area contributed by atoms with Crippen LogP contribution >= 0.6 is 11.3 Å². The first kappa shape index (κ1) is 15.4. The lowest BCUT2D eigenvalue weighted by atomic mass is 10.1. The van der Waals surface area contributed by atoms with Gasteiger partial charge in [-0.3, -0.25) is 4.79 Å². The van der Waals surface area contributed by atoms with Crippen molar-refractivity contribution >= 4 is 17.3 Å². The van der Waals surface area contributed by atoms with Gasteiger partial charge in [0.05, 0.1) is 24.2 Å².